The largest absolute Gasteiger partial charge is 0.444 e. The number of methoxy groups -OCH3 is 2. The number of amides is 4. The Hall–Kier alpha value is -3.78. The van der Waals surface area contributed by atoms with E-state index in [9.17, 15) is 24.3 Å². The standard InChI is InChI=1S/C29H43N5O8/c1-17(35)23(33-27(38)24(30)34(5)28(39)42-29(2,3)4)26(37)32-21(15-16-22(40-6)41-7)25(36)31-20-14-10-12-18-11-8-9-13-19(18)20/h8-14,17,21-24,35H,15-16,30H2,1-7H3,(H,31,36)(H,32,37)(H,33,38)/t17-,21?,23-,24+/m0/s1. The zero-order valence-electron chi connectivity index (χ0n) is 25.2. The van der Waals surface area contributed by atoms with Gasteiger partial charge in [0.25, 0.3) is 5.91 Å². The van der Waals surface area contributed by atoms with Crippen LogP contribution in [0.15, 0.2) is 42.5 Å². The highest BCUT2D eigenvalue weighted by atomic mass is 16.7. The molecule has 2 rings (SSSR count). The van der Waals surface area contributed by atoms with Crippen LogP contribution < -0.4 is 21.7 Å². The van der Waals surface area contributed by atoms with Gasteiger partial charge in [-0.25, -0.2) is 4.79 Å². The van der Waals surface area contributed by atoms with Crippen LogP contribution in [0, 0.1) is 0 Å². The number of carbonyl (C=O) groups is 4. The molecule has 6 N–H and O–H groups in total. The summed E-state index contributed by atoms with van der Waals surface area (Å²) in [6.45, 7) is 6.27. The van der Waals surface area contributed by atoms with Gasteiger partial charge in [0.2, 0.25) is 11.8 Å². The van der Waals surface area contributed by atoms with Crippen molar-refractivity contribution in [2.75, 3.05) is 26.6 Å². The van der Waals surface area contributed by atoms with E-state index in [-0.39, 0.29) is 12.8 Å². The molecule has 232 valence electrons. The molecule has 0 aliphatic rings. The second kappa shape index (κ2) is 15.4. The number of benzene rings is 2. The molecule has 0 fully saturated rings. The summed E-state index contributed by atoms with van der Waals surface area (Å²) >= 11 is 0. The monoisotopic (exact) mass is 589 g/mol. The quantitative estimate of drug-likeness (QED) is 0.217. The van der Waals surface area contributed by atoms with Crippen molar-refractivity contribution in [1.29, 1.82) is 0 Å². The van der Waals surface area contributed by atoms with Crippen molar-refractivity contribution in [1.82, 2.24) is 15.5 Å². The Morgan fingerprint density at radius 3 is 2.14 bits per heavy atom. The van der Waals surface area contributed by atoms with Gasteiger partial charge < -0.3 is 41.0 Å². The average Bonchev–Trinajstić information content (AvgIpc) is 2.93. The Kier molecular flexibility index (Phi) is 12.7. The first-order valence-corrected chi connectivity index (χ1v) is 13.5. The molecule has 4 amide bonds. The van der Waals surface area contributed by atoms with Crippen molar-refractivity contribution < 1.29 is 38.5 Å². The number of nitrogens with two attached hydrogens (primary N) is 1. The van der Waals surface area contributed by atoms with E-state index in [1.807, 2.05) is 30.3 Å². The number of fused-ring (bicyclic) bond motifs is 1. The van der Waals surface area contributed by atoms with E-state index in [1.165, 1.54) is 28.2 Å². The molecule has 0 aromatic heterocycles. The fourth-order valence-electron chi connectivity index (χ4n) is 3.99. The number of anilines is 1. The van der Waals surface area contributed by atoms with Gasteiger partial charge in [-0.3, -0.25) is 19.3 Å². The molecule has 13 nitrogen and oxygen atoms in total. The maximum Gasteiger partial charge on any atom is 0.411 e. The van der Waals surface area contributed by atoms with E-state index in [0.29, 0.717) is 5.69 Å². The number of likely N-dealkylation sites (N-methyl/N-ethyl adjacent to an activating group) is 1. The molecule has 4 atom stereocenters. The zero-order valence-corrected chi connectivity index (χ0v) is 25.2. The summed E-state index contributed by atoms with van der Waals surface area (Å²) in [5.74, 6) is -2.28. The first-order valence-electron chi connectivity index (χ1n) is 13.5. The fourth-order valence-corrected chi connectivity index (χ4v) is 3.99. The molecular formula is C29H43N5O8. The fraction of sp³-hybridized carbons (Fsp3) is 0.517. The van der Waals surface area contributed by atoms with Crippen LogP contribution in [0.3, 0.4) is 0 Å². The van der Waals surface area contributed by atoms with Gasteiger partial charge in [0, 0.05) is 38.8 Å². The molecule has 0 heterocycles. The number of nitrogens with zero attached hydrogens (tertiary/aromatic N) is 1. The summed E-state index contributed by atoms with van der Waals surface area (Å²) in [6.07, 6.45) is -4.03. The Morgan fingerprint density at radius 2 is 1.55 bits per heavy atom. The summed E-state index contributed by atoms with van der Waals surface area (Å²) in [7, 11) is 4.17. The summed E-state index contributed by atoms with van der Waals surface area (Å²) in [4.78, 5) is 52.8. The van der Waals surface area contributed by atoms with Gasteiger partial charge in [-0.1, -0.05) is 36.4 Å². The minimum Gasteiger partial charge on any atom is -0.444 e. The number of carbonyl (C=O) groups excluding carboxylic acids is 4. The summed E-state index contributed by atoms with van der Waals surface area (Å²) in [5.41, 5.74) is 5.65. The lowest BCUT2D eigenvalue weighted by atomic mass is 10.1. The lowest BCUT2D eigenvalue weighted by molar-refractivity contribution is -0.135. The second-order valence-corrected chi connectivity index (χ2v) is 10.8. The molecule has 2 aromatic carbocycles. The Labute approximate surface area is 246 Å². The first-order chi connectivity index (χ1) is 19.7. The highest BCUT2D eigenvalue weighted by molar-refractivity contribution is 6.05. The lowest BCUT2D eigenvalue weighted by Gasteiger charge is -2.30. The van der Waals surface area contributed by atoms with Crippen LogP contribution in [0.4, 0.5) is 10.5 Å². The number of nitrogens with one attached hydrogen (secondary N) is 3. The highest BCUT2D eigenvalue weighted by Crippen LogP contribution is 2.23. The molecule has 0 saturated heterocycles. The summed E-state index contributed by atoms with van der Waals surface area (Å²) < 4.78 is 15.7. The van der Waals surface area contributed by atoms with Gasteiger partial charge >= 0.3 is 6.09 Å². The van der Waals surface area contributed by atoms with Gasteiger partial charge in [0.1, 0.15) is 17.7 Å². The third-order valence-electron chi connectivity index (χ3n) is 6.33. The molecule has 13 heteroatoms. The maximum atomic E-state index is 13.4. The van der Waals surface area contributed by atoms with Crippen molar-refractivity contribution in [2.45, 2.75) is 76.8 Å². The smallest absolute Gasteiger partial charge is 0.411 e. The first kappa shape index (κ1) is 34.4. The van der Waals surface area contributed by atoms with Crippen LogP contribution in [-0.2, 0) is 28.6 Å². The average molecular weight is 590 g/mol. The summed E-state index contributed by atoms with van der Waals surface area (Å²) in [6, 6.07) is 10.4. The molecule has 0 aliphatic heterocycles. The maximum absolute atomic E-state index is 13.4. The van der Waals surface area contributed by atoms with Crippen molar-refractivity contribution in [3.63, 3.8) is 0 Å². The van der Waals surface area contributed by atoms with Crippen LogP contribution in [-0.4, -0.2) is 91.3 Å². The number of aliphatic hydroxyl groups excluding tert-OH is 1. The summed E-state index contributed by atoms with van der Waals surface area (Å²) in [5, 5.41) is 19.9. The van der Waals surface area contributed by atoms with E-state index < -0.39 is 60.1 Å². The van der Waals surface area contributed by atoms with E-state index >= 15 is 0 Å². The van der Waals surface area contributed by atoms with Crippen molar-refractivity contribution in [3.05, 3.63) is 42.5 Å². The third kappa shape index (κ3) is 9.94. The molecule has 0 aliphatic carbocycles. The number of hydrogen-bond acceptors (Lipinski definition) is 9. The predicted molar refractivity (Wildman–Crippen MR) is 157 cm³/mol. The van der Waals surface area contributed by atoms with Crippen molar-refractivity contribution in [3.8, 4) is 0 Å². The minimum absolute atomic E-state index is 0.107. The van der Waals surface area contributed by atoms with E-state index in [0.717, 1.165) is 15.7 Å². The van der Waals surface area contributed by atoms with Gasteiger partial charge in [-0.15, -0.1) is 0 Å². The van der Waals surface area contributed by atoms with Crippen LogP contribution in [0.25, 0.3) is 10.8 Å². The van der Waals surface area contributed by atoms with E-state index in [1.54, 1.807) is 32.9 Å². The molecule has 42 heavy (non-hydrogen) atoms. The van der Waals surface area contributed by atoms with Crippen LogP contribution >= 0.6 is 0 Å². The predicted octanol–water partition coefficient (Wildman–Crippen LogP) is 1.68. The number of rotatable bonds is 13. The number of hydrogen-bond donors (Lipinski definition) is 5. The molecule has 1 unspecified atom stereocenters. The minimum atomic E-state index is -1.52. The molecule has 0 saturated carbocycles. The molecular weight excluding hydrogens is 546 g/mol. The van der Waals surface area contributed by atoms with Gasteiger partial charge in [0.05, 0.1) is 6.10 Å². The topological polar surface area (TPSA) is 182 Å². The van der Waals surface area contributed by atoms with Crippen molar-refractivity contribution in [2.24, 2.45) is 5.73 Å². The van der Waals surface area contributed by atoms with Gasteiger partial charge in [0.15, 0.2) is 12.5 Å². The Balaban J connectivity index is 2.22. The zero-order chi connectivity index (χ0) is 31.6. The van der Waals surface area contributed by atoms with Gasteiger partial charge in [-0.2, -0.15) is 0 Å². The Bertz CT molecular complexity index is 1220. The highest BCUT2D eigenvalue weighted by Gasteiger charge is 2.34. The van der Waals surface area contributed by atoms with Crippen LogP contribution in [0.1, 0.15) is 40.5 Å². The molecule has 2 aromatic rings. The SMILES string of the molecule is COC(CCC(NC(=O)[C@@H](NC(=O)[C@H](N)N(C)C(=O)OC(C)(C)C)[C@H](C)O)C(=O)Nc1cccc2ccccc12)OC. The third-order valence-corrected chi connectivity index (χ3v) is 6.33. The van der Waals surface area contributed by atoms with Gasteiger partial charge in [-0.05, 0) is 45.6 Å². The van der Waals surface area contributed by atoms with Crippen LogP contribution in [0.2, 0.25) is 0 Å². The van der Waals surface area contributed by atoms with Crippen LogP contribution in [0.5, 0.6) is 0 Å². The van der Waals surface area contributed by atoms with E-state index in [4.69, 9.17) is 19.9 Å². The second-order valence-electron chi connectivity index (χ2n) is 10.8. The van der Waals surface area contributed by atoms with Crippen molar-refractivity contribution >= 4 is 40.3 Å². The number of ether oxygens (including phenoxy) is 3. The van der Waals surface area contributed by atoms with E-state index in [2.05, 4.69) is 16.0 Å². The molecule has 0 bridgehead atoms. The number of aliphatic hydroxyl groups is 1. The molecule has 0 spiro atoms. The Morgan fingerprint density at radius 1 is 0.929 bits per heavy atom. The molecule has 0 radical (unpaired) electrons. The lowest BCUT2D eigenvalue weighted by Crippen LogP contribution is -2.61. The normalized spacial score (nSPS) is 14.4.